The number of ether oxygens (including phenoxy) is 2. The van der Waals surface area contributed by atoms with Crippen LogP contribution in [-0.4, -0.2) is 32.9 Å². The Morgan fingerprint density at radius 3 is 2.92 bits per heavy atom. The molecular weight excluding hydrogens is 341 g/mol. The monoisotopic (exact) mass is 355 g/mol. The summed E-state index contributed by atoms with van der Waals surface area (Å²) in [4.78, 5) is 13.2. The minimum absolute atomic E-state index is 0.119. The molecule has 0 fully saturated rings. The van der Waals surface area contributed by atoms with Gasteiger partial charge in [-0.15, -0.1) is 10.2 Å². The number of carbonyl (C=O) groups excluding carboxylic acids is 1. The molecule has 0 atom stereocenters. The van der Waals surface area contributed by atoms with Crippen LogP contribution in [0.1, 0.15) is 5.56 Å². The van der Waals surface area contributed by atoms with Gasteiger partial charge in [-0.05, 0) is 35.0 Å². The molecule has 0 spiro atoms. The van der Waals surface area contributed by atoms with Crippen molar-refractivity contribution in [1.82, 2.24) is 25.5 Å². The quantitative estimate of drug-likeness (QED) is 0.746. The second-order valence-electron chi connectivity index (χ2n) is 5.59. The van der Waals surface area contributed by atoms with Gasteiger partial charge in [-0.1, -0.05) is 18.2 Å². The van der Waals surface area contributed by atoms with Crippen LogP contribution in [0.2, 0.25) is 0 Å². The van der Waals surface area contributed by atoms with Crippen molar-refractivity contribution in [2.24, 2.45) is 0 Å². The van der Waals surface area contributed by atoms with Crippen LogP contribution < -0.4 is 14.8 Å². The molecule has 3 aromatic rings. The number of halogens is 1. The van der Waals surface area contributed by atoms with E-state index >= 15 is 0 Å². The molecule has 4 rings (SSSR count). The lowest BCUT2D eigenvalue weighted by molar-refractivity contribution is -0.122. The zero-order valence-corrected chi connectivity index (χ0v) is 13.6. The molecule has 1 N–H and O–H groups in total. The van der Waals surface area contributed by atoms with Gasteiger partial charge in [0.1, 0.15) is 12.4 Å². The standard InChI is InChI=1S/C17H14FN5O3/c18-13-4-2-1-3-12(13)17-20-22-23(21-17)9-16(24)19-8-11-5-6-14-15(7-11)26-10-25-14/h1-7H,8-10H2,(H,19,24). The molecule has 26 heavy (non-hydrogen) atoms. The van der Waals surface area contributed by atoms with Gasteiger partial charge in [0.05, 0.1) is 5.56 Å². The number of benzene rings is 2. The Hall–Kier alpha value is -3.49. The summed E-state index contributed by atoms with van der Waals surface area (Å²) in [6, 6.07) is 11.6. The summed E-state index contributed by atoms with van der Waals surface area (Å²) in [5, 5.41) is 14.4. The minimum atomic E-state index is -0.445. The molecule has 1 aromatic heterocycles. The van der Waals surface area contributed by atoms with Crippen molar-refractivity contribution in [3.63, 3.8) is 0 Å². The van der Waals surface area contributed by atoms with Crippen LogP contribution in [0.4, 0.5) is 4.39 Å². The lowest BCUT2D eigenvalue weighted by Gasteiger charge is -2.05. The van der Waals surface area contributed by atoms with Crippen molar-refractivity contribution in [2.45, 2.75) is 13.1 Å². The highest BCUT2D eigenvalue weighted by Gasteiger charge is 2.14. The Bertz CT molecular complexity index is 959. The van der Waals surface area contributed by atoms with E-state index in [0.29, 0.717) is 18.0 Å². The topological polar surface area (TPSA) is 91.2 Å². The summed E-state index contributed by atoms with van der Waals surface area (Å²) < 4.78 is 24.3. The molecule has 0 unspecified atom stereocenters. The van der Waals surface area contributed by atoms with Crippen molar-refractivity contribution in [3.05, 3.63) is 53.8 Å². The summed E-state index contributed by atoms with van der Waals surface area (Å²) in [5.41, 5.74) is 1.11. The van der Waals surface area contributed by atoms with Crippen LogP contribution in [0.25, 0.3) is 11.4 Å². The van der Waals surface area contributed by atoms with Crippen LogP contribution >= 0.6 is 0 Å². The van der Waals surface area contributed by atoms with Gasteiger partial charge < -0.3 is 14.8 Å². The lowest BCUT2D eigenvalue weighted by Crippen LogP contribution is -2.28. The molecule has 1 aliphatic heterocycles. The fraction of sp³-hybridized carbons (Fsp3) is 0.176. The summed E-state index contributed by atoms with van der Waals surface area (Å²) in [6.07, 6.45) is 0. The molecule has 1 aliphatic rings. The third-order valence-corrected chi connectivity index (χ3v) is 3.78. The van der Waals surface area contributed by atoms with Crippen LogP contribution in [-0.2, 0) is 17.9 Å². The molecule has 1 amide bonds. The maximum atomic E-state index is 13.7. The smallest absolute Gasteiger partial charge is 0.243 e. The molecule has 0 aliphatic carbocycles. The largest absolute Gasteiger partial charge is 0.454 e. The summed E-state index contributed by atoms with van der Waals surface area (Å²) >= 11 is 0. The van der Waals surface area contributed by atoms with Crippen LogP contribution in [0.5, 0.6) is 11.5 Å². The van der Waals surface area contributed by atoms with E-state index in [2.05, 4.69) is 20.7 Å². The average molecular weight is 355 g/mol. The fourth-order valence-electron chi connectivity index (χ4n) is 2.50. The summed E-state index contributed by atoms with van der Waals surface area (Å²) in [5.74, 6) is 0.739. The first-order valence-electron chi connectivity index (χ1n) is 7.87. The van der Waals surface area contributed by atoms with Gasteiger partial charge in [0.15, 0.2) is 11.5 Å². The van der Waals surface area contributed by atoms with E-state index in [1.54, 1.807) is 24.3 Å². The second kappa shape index (κ2) is 6.79. The van der Waals surface area contributed by atoms with Gasteiger partial charge in [-0.3, -0.25) is 4.79 Å². The Balaban J connectivity index is 1.36. The Morgan fingerprint density at radius 1 is 1.19 bits per heavy atom. The average Bonchev–Trinajstić information content (AvgIpc) is 3.29. The fourth-order valence-corrected chi connectivity index (χ4v) is 2.50. The number of nitrogens with one attached hydrogen (secondary N) is 1. The number of hydrogen-bond donors (Lipinski definition) is 1. The highest BCUT2D eigenvalue weighted by molar-refractivity contribution is 5.75. The molecule has 8 nitrogen and oxygen atoms in total. The van der Waals surface area contributed by atoms with E-state index in [1.165, 1.54) is 6.07 Å². The van der Waals surface area contributed by atoms with E-state index in [9.17, 15) is 9.18 Å². The van der Waals surface area contributed by atoms with Gasteiger partial charge in [-0.25, -0.2) is 4.39 Å². The first kappa shape index (κ1) is 16.0. The lowest BCUT2D eigenvalue weighted by atomic mass is 10.2. The van der Waals surface area contributed by atoms with Crippen LogP contribution in [0.3, 0.4) is 0 Å². The van der Waals surface area contributed by atoms with Crippen molar-refractivity contribution < 1.29 is 18.7 Å². The molecule has 0 radical (unpaired) electrons. The first-order chi connectivity index (χ1) is 12.7. The van der Waals surface area contributed by atoms with E-state index in [1.807, 2.05) is 12.1 Å². The van der Waals surface area contributed by atoms with Gasteiger partial charge in [0.25, 0.3) is 0 Å². The number of rotatable bonds is 5. The Morgan fingerprint density at radius 2 is 2.04 bits per heavy atom. The molecule has 9 heteroatoms. The molecule has 2 aromatic carbocycles. The van der Waals surface area contributed by atoms with E-state index in [4.69, 9.17) is 9.47 Å². The Labute approximate surface area is 147 Å². The number of hydrogen-bond acceptors (Lipinski definition) is 6. The highest BCUT2D eigenvalue weighted by Crippen LogP contribution is 2.32. The van der Waals surface area contributed by atoms with E-state index < -0.39 is 5.82 Å². The van der Waals surface area contributed by atoms with Crippen LogP contribution in [0, 0.1) is 5.82 Å². The van der Waals surface area contributed by atoms with Gasteiger partial charge >= 0.3 is 0 Å². The third kappa shape index (κ3) is 3.32. The van der Waals surface area contributed by atoms with Crippen molar-refractivity contribution in [1.29, 1.82) is 0 Å². The third-order valence-electron chi connectivity index (χ3n) is 3.78. The predicted molar refractivity (Wildman–Crippen MR) is 87.6 cm³/mol. The molecule has 0 saturated heterocycles. The maximum absolute atomic E-state index is 13.7. The zero-order valence-electron chi connectivity index (χ0n) is 13.6. The number of tetrazole rings is 1. The van der Waals surface area contributed by atoms with Gasteiger partial charge in [0.2, 0.25) is 18.5 Å². The highest BCUT2D eigenvalue weighted by atomic mass is 19.1. The number of carbonyl (C=O) groups is 1. The minimum Gasteiger partial charge on any atom is -0.454 e. The normalized spacial score (nSPS) is 12.2. The van der Waals surface area contributed by atoms with E-state index in [-0.39, 0.29) is 30.6 Å². The van der Waals surface area contributed by atoms with Gasteiger partial charge in [-0.2, -0.15) is 4.80 Å². The number of aromatic nitrogens is 4. The van der Waals surface area contributed by atoms with E-state index in [0.717, 1.165) is 10.4 Å². The predicted octanol–water partition coefficient (Wildman–Crippen LogP) is 1.52. The number of fused-ring (bicyclic) bond motifs is 1. The second-order valence-corrected chi connectivity index (χ2v) is 5.59. The van der Waals surface area contributed by atoms with Crippen molar-refractivity contribution in [2.75, 3.05) is 6.79 Å². The number of amides is 1. The van der Waals surface area contributed by atoms with Gasteiger partial charge in [0, 0.05) is 6.54 Å². The summed E-state index contributed by atoms with van der Waals surface area (Å²) in [6.45, 7) is 0.407. The maximum Gasteiger partial charge on any atom is 0.243 e. The van der Waals surface area contributed by atoms with Crippen LogP contribution in [0.15, 0.2) is 42.5 Å². The van der Waals surface area contributed by atoms with Crippen molar-refractivity contribution in [3.8, 4) is 22.9 Å². The first-order valence-corrected chi connectivity index (χ1v) is 7.87. The molecular formula is C17H14FN5O3. The molecule has 0 saturated carbocycles. The SMILES string of the molecule is O=C(Cn1nnc(-c2ccccc2F)n1)NCc1ccc2c(c1)OCO2. The Kier molecular flexibility index (Phi) is 4.18. The zero-order chi connectivity index (χ0) is 17.9. The number of nitrogens with zero attached hydrogens (tertiary/aromatic N) is 4. The molecule has 2 heterocycles. The summed E-state index contributed by atoms with van der Waals surface area (Å²) in [7, 11) is 0. The molecule has 132 valence electrons. The van der Waals surface area contributed by atoms with Crippen molar-refractivity contribution >= 4 is 5.91 Å². The molecule has 0 bridgehead atoms.